The van der Waals surface area contributed by atoms with Crippen LogP contribution in [-0.4, -0.2) is 4.92 Å². The average molecular weight is 278 g/mol. The molecule has 0 N–H and O–H groups in total. The van der Waals surface area contributed by atoms with E-state index in [1.165, 1.54) is 0 Å². The molecule has 0 radical (unpaired) electrons. The molecule has 21 heavy (non-hydrogen) atoms. The van der Waals surface area contributed by atoms with Crippen molar-refractivity contribution in [3.63, 3.8) is 0 Å². The summed E-state index contributed by atoms with van der Waals surface area (Å²) < 4.78 is 5.37. The maximum Gasteiger partial charge on any atom is 0.442 e. The van der Waals surface area contributed by atoms with Crippen LogP contribution in [0, 0.1) is 21.4 Å². The monoisotopic (exact) mass is 278 g/mol. The van der Waals surface area contributed by atoms with Gasteiger partial charge in [0.25, 0.3) is 0 Å². The first-order valence-electron chi connectivity index (χ1n) is 6.33. The molecule has 0 saturated carbocycles. The highest BCUT2D eigenvalue weighted by Gasteiger charge is 2.26. The van der Waals surface area contributed by atoms with E-state index < -0.39 is 4.92 Å². The second kappa shape index (κ2) is 5.10. The van der Waals surface area contributed by atoms with Crippen molar-refractivity contribution in [2.24, 2.45) is 0 Å². The molecule has 0 saturated heterocycles. The Hall–Kier alpha value is -3.13. The minimum absolute atomic E-state index is 0.187. The van der Waals surface area contributed by atoms with Gasteiger partial charge >= 0.3 is 5.88 Å². The number of para-hydroxylation sites is 1. The zero-order valence-electron chi connectivity index (χ0n) is 10.9. The van der Waals surface area contributed by atoms with Gasteiger partial charge in [-0.2, -0.15) is 5.26 Å². The minimum atomic E-state index is -0.529. The van der Waals surface area contributed by atoms with Crippen LogP contribution in [0.2, 0.25) is 0 Å². The van der Waals surface area contributed by atoms with Crippen molar-refractivity contribution >= 4 is 16.9 Å². The third kappa shape index (κ3) is 2.13. The third-order valence-electron chi connectivity index (χ3n) is 3.30. The molecular formula is C16H10N2O3. The number of nitriles is 1. The first kappa shape index (κ1) is 12.9. The van der Waals surface area contributed by atoms with Gasteiger partial charge in [0.15, 0.2) is 0 Å². The van der Waals surface area contributed by atoms with E-state index in [1.807, 2.05) is 6.07 Å². The van der Waals surface area contributed by atoms with Gasteiger partial charge in [-0.25, -0.2) is 0 Å². The summed E-state index contributed by atoms with van der Waals surface area (Å²) >= 11 is 0. The summed E-state index contributed by atoms with van der Waals surface area (Å²) in [5, 5.41) is 20.9. The first-order valence-corrected chi connectivity index (χ1v) is 6.33. The molecule has 102 valence electrons. The molecule has 3 rings (SSSR count). The Bertz CT molecular complexity index is 875. The Kier molecular flexibility index (Phi) is 3.13. The Balaban J connectivity index is 2.37. The largest absolute Gasteiger partial charge is 0.442 e. The molecular weight excluding hydrogens is 268 g/mol. The standard InChI is InChI=1S/C16H10N2O3/c17-10-9-11-5-1-2-6-12(11)15-13-7-3-4-8-14(13)21-16(15)18(19)20/h1-8H,9H2. The van der Waals surface area contributed by atoms with Gasteiger partial charge in [0, 0.05) is 5.39 Å². The van der Waals surface area contributed by atoms with Crippen LogP contribution in [0.1, 0.15) is 5.56 Å². The third-order valence-corrected chi connectivity index (χ3v) is 3.30. The SMILES string of the molecule is N#CCc1ccccc1-c1c([N+](=O)[O-])oc2ccccc12. The molecule has 0 spiro atoms. The topological polar surface area (TPSA) is 80.1 Å². The van der Waals surface area contributed by atoms with E-state index in [4.69, 9.17) is 9.68 Å². The molecule has 1 aromatic heterocycles. The highest BCUT2D eigenvalue weighted by atomic mass is 16.6. The van der Waals surface area contributed by atoms with E-state index in [1.54, 1.807) is 42.5 Å². The van der Waals surface area contributed by atoms with Crippen molar-refractivity contribution in [3.05, 3.63) is 64.2 Å². The van der Waals surface area contributed by atoms with Crippen LogP contribution in [0.15, 0.2) is 52.9 Å². The van der Waals surface area contributed by atoms with Crippen LogP contribution in [0.5, 0.6) is 0 Å². The minimum Gasteiger partial charge on any atom is -0.400 e. The molecule has 0 unspecified atom stereocenters. The van der Waals surface area contributed by atoms with Crippen LogP contribution >= 0.6 is 0 Å². The van der Waals surface area contributed by atoms with Gasteiger partial charge in [-0.05, 0) is 17.2 Å². The van der Waals surface area contributed by atoms with E-state index in [0.717, 1.165) is 5.56 Å². The van der Waals surface area contributed by atoms with Gasteiger partial charge in [-0.3, -0.25) is 10.1 Å². The lowest BCUT2D eigenvalue weighted by atomic mass is 9.97. The molecule has 0 fully saturated rings. The number of nitrogens with zero attached hydrogens (tertiary/aromatic N) is 2. The highest BCUT2D eigenvalue weighted by Crippen LogP contribution is 2.40. The predicted octanol–water partition coefficient (Wildman–Crippen LogP) is 4.07. The Morgan fingerprint density at radius 3 is 2.62 bits per heavy atom. The second-order valence-electron chi connectivity index (χ2n) is 4.53. The number of hydrogen-bond acceptors (Lipinski definition) is 4. The van der Waals surface area contributed by atoms with Crippen molar-refractivity contribution in [3.8, 4) is 17.2 Å². The van der Waals surface area contributed by atoms with Crippen LogP contribution in [0.3, 0.4) is 0 Å². The summed E-state index contributed by atoms with van der Waals surface area (Å²) in [6.45, 7) is 0. The molecule has 5 heteroatoms. The lowest BCUT2D eigenvalue weighted by molar-refractivity contribution is -0.400. The van der Waals surface area contributed by atoms with Gasteiger partial charge in [0.2, 0.25) is 0 Å². The fourth-order valence-corrected chi connectivity index (χ4v) is 2.42. The summed E-state index contributed by atoms with van der Waals surface area (Å²) in [7, 11) is 0. The van der Waals surface area contributed by atoms with Gasteiger partial charge in [0.1, 0.15) is 16.1 Å². The number of nitro groups is 1. The van der Waals surface area contributed by atoms with E-state index in [0.29, 0.717) is 22.1 Å². The number of furan rings is 1. The Labute approximate surface area is 120 Å². The smallest absolute Gasteiger partial charge is 0.400 e. The molecule has 0 bridgehead atoms. The van der Waals surface area contributed by atoms with E-state index in [-0.39, 0.29) is 12.3 Å². The van der Waals surface area contributed by atoms with Crippen molar-refractivity contribution in [2.75, 3.05) is 0 Å². The van der Waals surface area contributed by atoms with Crippen molar-refractivity contribution in [1.29, 1.82) is 5.26 Å². The zero-order chi connectivity index (χ0) is 14.8. The molecule has 3 aromatic rings. The van der Waals surface area contributed by atoms with Crippen molar-refractivity contribution < 1.29 is 9.34 Å². The lowest BCUT2D eigenvalue weighted by Crippen LogP contribution is -1.92. The lowest BCUT2D eigenvalue weighted by Gasteiger charge is -2.04. The van der Waals surface area contributed by atoms with Crippen molar-refractivity contribution in [2.45, 2.75) is 6.42 Å². The zero-order valence-corrected chi connectivity index (χ0v) is 10.9. The first-order chi connectivity index (χ1) is 10.2. The fraction of sp³-hybridized carbons (Fsp3) is 0.0625. The van der Waals surface area contributed by atoms with Crippen LogP contribution in [0.25, 0.3) is 22.1 Å². The number of benzene rings is 2. The van der Waals surface area contributed by atoms with E-state index in [2.05, 4.69) is 6.07 Å². The molecule has 0 amide bonds. The molecule has 5 nitrogen and oxygen atoms in total. The average Bonchev–Trinajstić information content (AvgIpc) is 2.88. The normalized spacial score (nSPS) is 10.4. The summed E-state index contributed by atoms with van der Waals surface area (Å²) in [6.07, 6.45) is 0.187. The Morgan fingerprint density at radius 1 is 1.14 bits per heavy atom. The molecule has 2 aromatic carbocycles. The van der Waals surface area contributed by atoms with Gasteiger partial charge in [-0.1, -0.05) is 42.5 Å². The predicted molar refractivity (Wildman–Crippen MR) is 77.6 cm³/mol. The molecule has 0 aliphatic rings. The molecule has 0 aliphatic carbocycles. The summed E-state index contributed by atoms with van der Waals surface area (Å²) in [6, 6.07) is 16.3. The second-order valence-corrected chi connectivity index (χ2v) is 4.53. The fourth-order valence-electron chi connectivity index (χ4n) is 2.42. The Morgan fingerprint density at radius 2 is 1.86 bits per heavy atom. The number of rotatable bonds is 3. The molecule has 1 heterocycles. The van der Waals surface area contributed by atoms with Crippen LogP contribution < -0.4 is 0 Å². The van der Waals surface area contributed by atoms with Gasteiger partial charge in [0.05, 0.1) is 12.5 Å². The number of hydrogen-bond donors (Lipinski definition) is 0. The highest BCUT2D eigenvalue weighted by molar-refractivity contribution is 5.99. The number of fused-ring (bicyclic) bond motifs is 1. The maximum atomic E-state index is 11.3. The van der Waals surface area contributed by atoms with Gasteiger partial charge in [-0.15, -0.1) is 0 Å². The molecule has 0 aliphatic heterocycles. The summed E-state index contributed by atoms with van der Waals surface area (Å²) in [5.74, 6) is -0.290. The van der Waals surface area contributed by atoms with Crippen LogP contribution in [-0.2, 0) is 6.42 Å². The van der Waals surface area contributed by atoms with Crippen molar-refractivity contribution in [1.82, 2.24) is 0 Å². The van der Waals surface area contributed by atoms with E-state index in [9.17, 15) is 10.1 Å². The van der Waals surface area contributed by atoms with Crippen LogP contribution in [0.4, 0.5) is 5.88 Å². The summed E-state index contributed by atoms with van der Waals surface area (Å²) in [5.41, 5.74) is 2.30. The maximum absolute atomic E-state index is 11.3. The van der Waals surface area contributed by atoms with Gasteiger partial charge < -0.3 is 4.42 Å². The summed E-state index contributed by atoms with van der Waals surface area (Å²) in [4.78, 5) is 10.8. The van der Waals surface area contributed by atoms with E-state index >= 15 is 0 Å². The molecule has 0 atom stereocenters. The quantitative estimate of drug-likeness (QED) is 0.534.